The summed E-state index contributed by atoms with van der Waals surface area (Å²) in [7, 11) is 0. The molecule has 0 unspecified atom stereocenters. The van der Waals surface area contributed by atoms with Crippen molar-refractivity contribution < 1.29 is 19.0 Å². The van der Waals surface area contributed by atoms with Crippen LogP contribution >= 0.6 is 11.6 Å². The van der Waals surface area contributed by atoms with Gasteiger partial charge in [-0.25, -0.2) is 0 Å². The largest absolute Gasteiger partial charge is 0.487 e. The number of halogens is 1. The molecule has 0 saturated heterocycles. The van der Waals surface area contributed by atoms with E-state index in [4.69, 9.17) is 25.8 Å². The zero-order valence-electron chi connectivity index (χ0n) is 18.4. The second kappa shape index (κ2) is 11.5. The number of carbonyl (C=O) groups is 1. The lowest BCUT2D eigenvalue weighted by Crippen LogP contribution is -2.39. The number of benzene rings is 2. The molecule has 7 heteroatoms. The molecule has 0 aromatic heterocycles. The van der Waals surface area contributed by atoms with Crippen LogP contribution in [0, 0.1) is 5.92 Å². The number of amides is 1. The van der Waals surface area contributed by atoms with Crippen molar-refractivity contribution in [1.82, 2.24) is 4.90 Å². The maximum Gasteiger partial charge on any atom is 0.238 e. The van der Waals surface area contributed by atoms with Crippen molar-refractivity contribution in [2.45, 2.75) is 32.1 Å². The van der Waals surface area contributed by atoms with Gasteiger partial charge in [0.05, 0.1) is 25.4 Å². The number of para-hydroxylation sites is 2. The topological polar surface area (TPSA) is 60.0 Å². The molecule has 2 aromatic carbocycles. The van der Waals surface area contributed by atoms with Crippen LogP contribution in [0.25, 0.3) is 0 Å². The van der Waals surface area contributed by atoms with Gasteiger partial charge < -0.3 is 19.5 Å². The van der Waals surface area contributed by atoms with E-state index in [9.17, 15) is 4.79 Å². The molecule has 4 rings (SSSR count). The quantitative estimate of drug-likeness (QED) is 0.656. The number of anilines is 1. The van der Waals surface area contributed by atoms with E-state index in [0.717, 1.165) is 6.54 Å². The molecule has 0 bridgehead atoms. The second-order valence-corrected chi connectivity index (χ2v) is 8.87. The summed E-state index contributed by atoms with van der Waals surface area (Å²) in [5.41, 5.74) is 0.543. The Labute approximate surface area is 194 Å². The predicted octanol–water partition coefficient (Wildman–Crippen LogP) is 5.36. The fraction of sp³-hybridized carbons (Fsp3) is 0.480. The van der Waals surface area contributed by atoms with E-state index in [1.54, 1.807) is 18.2 Å². The molecule has 0 spiro atoms. The molecule has 0 radical (unpaired) electrons. The summed E-state index contributed by atoms with van der Waals surface area (Å²) >= 11 is 6.22. The number of hydrogen-bond donors (Lipinski definition) is 1. The zero-order chi connectivity index (χ0) is 22.2. The maximum atomic E-state index is 13.0. The third-order valence-corrected chi connectivity index (χ3v) is 6.17. The molecule has 6 nitrogen and oxygen atoms in total. The molecule has 1 aliphatic carbocycles. The average molecular weight is 459 g/mol. The Bertz CT molecular complexity index is 901. The highest BCUT2D eigenvalue weighted by Gasteiger charge is 2.20. The highest BCUT2D eigenvalue weighted by molar-refractivity contribution is 6.31. The number of hydrogen-bond acceptors (Lipinski definition) is 5. The molecule has 32 heavy (non-hydrogen) atoms. The Morgan fingerprint density at radius 3 is 2.62 bits per heavy atom. The van der Waals surface area contributed by atoms with E-state index in [1.165, 1.54) is 32.1 Å². The van der Waals surface area contributed by atoms with Crippen LogP contribution in [0.15, 0.2) is 42.5 Å². The van der Waals surface area contributed by atoms with Gasteiger partial charge in [-0.15, -0.1) is 0 Å². The van der Waals surface area contributed by atoms with Gasteiger partial charge >= 0.3 is 0 Å². The standard InChI is InChI=1S/C25H31ClN2O4/c26-20-10-11-22-21(16-20)27-25(29)18-28(17-19-6-2-1-3-7-19)12-13-30-14-15-31-23-8-4-5-9-24(23)32-22/h4-5,8-11,16,19H,1-3,6-7,12-15,17-18H2,(H,27,29). The minimum Gasteiger partial charge on any atom is -0.487 e. The summed E-state index contributed by atoms with van der Waals surface area (Å²) in [6.45, 7) is 3.39. The SMILES string of the molecule is O=C1CN(CC2CCCCC2)CCOCCOc2ccccc2Oc2ccc(Cl)cc2N1. The molecule has 1 amide bonds. The van der Waals surface area contributed by atoms with Gasteiger partial charge in [0.2, 0.25) is 5.91 Å². The van der Waals surface area contributed by atoms with Gasteiger partial charge in [0.15, 0.2) is 17.2 Å². The maximum absolute atomic E-state index is 13.0. The third kappa shape index (κ3) is 6.61. The number of rotatable bonds is 2. The van der Waals surface area contributed by atoms with Crippen molar-refractivity contribution in [1.29, 1.82) is 0 Å². The van der Waals surface area contributed by atoms with E-state index in [1.807, 2.05) is 24.3 Å². The van der Waals surface area contributed by atoms with E-state index >= 15 is 0 Å². The van der Waals surface area contributed by atoms with E-state index in [0.29, 0.717) is 66.8 Å². The minimum atomic E-state index is -0.0904. The lowest BCUT2D eigenvalue weighted by atomic mass is 9.89. The summed E-state index contributed by atoms with van der Waals surface area (Å²) in [4.78, 5) is 15.2. The molecule has 2 aliphatic rings. The first kappa shape index (κ1) is 22.9. The molecule has 0 atom stereocenters. The van der Waals surface area contributed by atoms with Crippen molar-refractivity contribution >= 4 is 23.2 Å². The van der Waals surface area contributed by atoms with Crippen molar-refractivity contribution in [3.8, 4) is 17.2 Å². The fourth-order valence-corrected chi connectivity index (χ4v) is 4.50. The monoisotopic (exact) mass is 458 g/mol. The van der Waals surface area contributed by atoms with Crippen molar-refractivity contribution in [2.75, 3.05) is 44.8 Å². The van der Waals surface area contributed by atoms with Crippen LogP contribution in [-0.4, -0.2) is 50.3 Å². The summed E-state index contributed by atoms with van der Waals surface area (Å²) in [6.07, 6.45) is 6.35. The van der Waals surface area contributed by atoms with Crippen molar-refractivity contribution in [2.24, 2.45) is 5.92 Å². The van der Waals surface area contributed by atoms with E-state index < -0.39 is 0 Å². The smallest absolute Gasteiger partial charge is 0.238 e. The summed E-state index contributed by atoms with van der Waals surface area (Å²) in [6, 6.07) is 12.7. The summed E-state index contributed by atoms with van der Waals surface area (Å²) in [5.74, 6) is 2.26. The molecular weight excluding hydrogens is 428 g/mol. The number of ether oxygens (including phenoxy) is 3. The van der Waals surface area contributed by atoms with Crippen LogP contribution in [0.5, 0.6) is 17.2 Å². The van der Waals surface area contributed by atoms with Crippen molar-refractivity contribution in [3.05, 3.63) is 47.5 Å². The predicted molar refractivity (Wildman–Crippen MR) is 126 cm³/mol. The van der Waals surface area contributed by atoms with Crippen LogP contribution in [0.3, 0.4) is 0 Å². The number of nitrogens with one attached hydrogen (secondary N) is 1. The first-order chi connectivity index (χ1) is 15.7. The fourth-order valence-electron chi connectivity index (χ4n) is 4.33. The van der Waals surface area contributed by atoms with Gasteiger partial charge in [0, 0.05) is 18.1 Å². The molecule has 172 valence electrons. The number of carbonyl (C=O) groups excluding carboxylic acids is 1. The Balaban J connectivity index is 1.54. The molecule has 1 aliphatic heterocycles. The average Bonchev–Trinajstić information content (AvgIpc) is 2.79. The van der Waals surface area contributed by atoms with Crippen LogP contribution in [-0.2, 0) is 9.53 Å². The van der Waals surface area contributed by atoms with Gasteiger partial charge in [0.25, 0.3) is 0 Å². The lowest BCUT2D eigenvalue weighted by molar-refractivity contribution is -0.117. The molecular formula is C25H31ClN2O4. The highest BCUT2D eigenvalue weighted by atomic mass is 35.5. The Hall–Kier alpha value is -2.28. The van der Waals surface area contributed by atoms with Gasteiger partial charge in [-0.05, 0) is 49.1 Å². The van der Waals surface area contributed by atoms with Crippen LogP contribution in [0.4, 0.5) is 5.69 Å². The van der Waals surface area contributed by atoms with Gasteiger partial charge in [-0.1, -0.05) is 43.0 Å². The van der Waals surface area contributed by atoms with E-state index in [-0.39, 0.29) is 5.91 Å². The van der Waals surface area contributed by atoms with Crippen LogP contribution in [0.1, 0.15) is 32.1 Å². The number of nitrogens with zero attached hydrogens (tertiary/aromatic N) is 1. The Morgan fingerprint density at radius 1 is 0.969 bits per heavy atom. The van der Waals surface area contributed by atoms with Gasteiger partial charge in [-0.2, -0.15) is 0 Å². The van der Waals surface area contributed by atoms with Gasteiger partial charge in [0.1, 0.15) is 6.61 Å². The molecule has 1 fully saturated rings. The molecule has 1 saturated carbocycles. The van der Waals surface area contributed by atoms with Gasteiger partial charge in [-0.3, -0.25) is 9.69 Å². The molecule has 1 N–H and O–H groups in total. The normalized spacial score (nSPS) is 19.3. The number of fused-ring (bicyclic) bond motifs is 2. The van der Waals surface area contributed by atoms with E-state index in [2.05, 4.69) is 10.2 Å². The van der Waals surface area contributed by atoms with Crippen molar-refractivity contribution in [3.63, 3.8) is 0 Å². The second-order valence-electron chi connectivity index (χ2n) is 8.44. The third-order valence-electron chi connectivity index (χ3n) is 5.93. The lowest BCUT2D eigenvalue weighted by Gasteiger charge is -2.29. The first-order valence-electron chi connectivity index (χ1n) is 11.5. The minimum absolute atomic E-state index is 0.0904. The Morgan fingerprint density at radius 2 is 1.78 bits per heavy atom. The van der Waals surface area contributed by atoms with Crippen LogP contribution < -0.4 is 14.8 Å². The molecule has 1 heterocycles. The zero-order valence-corrected chi connectivity index (χ0v) is 19.1. The Kier molecular flexibility index (Phi) is 8.26. The van der Waals surface area contributed by atoms with Crippen LogP contribution in [0.2, 0.25) is 5.02 Å². The summed E-state index contributed by atoms with van der Waals surface area (Å²) < 4.78 is 17.8. The molecule has 2 aromatic rings. The highest BCUT2D eigenvalue weighted by Crippen LogP contribution is 2.36. The summed E-state index contributed by atoms with van der Waals surface area (Å²) in [5, 5.41) is 3.53. The first-order valence-corrected chi connectivity index (χ1v) is 11.8.